The lowest BCUT2D eigenvalue weighted by atomic mass is 9.95. The molecule has 0 aliphatic carbocycles. The summed E-state index contributed by atoms with van der Waals surface area (Å²) < 4.78 is 5.01. The molecule has 3 aromatic heterocycles. The fourth-order valence-corrected chi connectivity index (χ4v) is 10.9. The van der Waals surface area contributed by atoms with Crippen LogP contribution in [0.4, 0.5) is 0 Å². The Morgan fingerprint density at radius 2 is 0.944 bits per heavy atom. The van der Waals surface area contributed by atoms with Gasteiger partial charge in [-0.05, 0) is 62.0 Å². The van der Waals surface area contributed by atoms with E-state index in [2.05, 4.69) is 164 Å². The van der Waals surface area contributed by atoms with E-state index in [9.17, 15) is 0 Å². The van der Waals surface area contributed by atoms with Crippen LogP contribution in [0.25, 0.3) is 118 Å². The molecule has 54 heavy (non-hydrogen) atoms. The predicted octanol–water partition coefficient (Wildman–Crippen LogP) is 14.2. The molecule has 0 saturated carbocycles. The summed E-state index contributed by atoms with van der Waals surface area (Å²) in [5, 5.41) is 14.6. The van der Waals surface area contributed by atoms with Gasteiger partial charge in [0.05, 0.1) is 0 Å². The van der Waals surface area contributed by atoms with Crippen LogP contribution >= 0.6 is 22.7 Å². The van der Waals surface area contributed by atoms with Crippen LogP contribution in [-0.4, -0.2) is 15.0 Å². The minimum absolute atomic E-state index is 0.661. The zero-order valence-corrected chi connectivity index (χ0v) is 30.4. The van der Waals surface area contributed by atoms with Gasteiger partial charge in [-0.25, -0.2) is 15.0 Å². The average molecular weight is 722 g/mol. The number of hydrogen-bond acceptors (Lipinski definition) is 5. The van der Waals surface area contributed by atoms with E-state index in [0.29, 0.717) is 17.5 Å². The number of fused-ring (bicyclic) bond motifs is 13. The molecule has 0 bridgehead atoms. The van der Waals surface area contributed by atoms with Crippen molar-refractivity contribution in [3.8, 4) is 34.2 Å². The number of benzene rings is 9. The Hall–Kier alpha value is -6.53. The van der Waals surface area contributed by atoms with Gasteiger partial charge in [0.2, 0.25) is 0 Å². The van der Waals surface area contributed by atoms with Crippen molar-refractivity contribution in [2.45, 2.75) is 0 Å². The summed E-state index contributed by atoms with van der Waals surface area (Å²) in [6.07, 6.45) is 0. The summed E-state index contributed by atoms with van der Waals surface area (Å²) in [5.41, 5.74) is 2.99. The second-order valence-corrected chi connectivity index (χ2v) is 16.0. The first-order valence-electron chi connectivity index (χ1n) is 18.1. The van der Waals surface area contributed by atoms with E-state index < -0.39 is 0 Å². The normalized spacial score (nSPS) is 12.1. The van der Waals surface area contributed by atoms with Crippen LogP contribution < -0.4 is 0 Å². The molecule has 0 amide bonds. The highest BCUT2D eigenvalue weighted by molar-refractivity contribution is 7.28. The minimum atomic E-state index is 0.661. The van der Waals surface area contributed by atoms with Gasteiger partial charge in [0.1, 0.15) is 0 Å². The Morgan fingerprint density at radius 1 is 0.315 bits per heavy atom. The molecule has 0 fully saturated rings. The molecule has 9 aromatic carbocycles. The van der Waals surface area contributed by atoms with Gasteiger partial charge < -0.3 is 0 Å². The van der Waals surface area contributed by atoms with Gasteiger partial charge >= 0.3 is 0 Å². The Kier molecular flexibility index (Phi) is 6.38. The third kappa shape index (κ3) is 4.43. The molecule has 0 radical (unpaired) electrons. The Morgan fingerprint density at radius 3 is 1.81 bits per heavy atom. The summed E-state index contributed by atoms with van der Waals surface area (Å²) in [5.74, 6) is 2.01. The highest BCUT2D eigenvalue weighted by atomic mass is 32.1. The zero-order valence-electron chi connectivity index (χ0n) is 28.7. The molecule has 0 atom stereocenters. The first-order valence-corrected chi connectivity index (χ1v) is 19.7. The smallest absolute Gasteiger partial charge is 0.164 e. The van der Waals surface area contributed by atoms with E-state index in [1.165, 1.54) is 78.0 Å². The maximum absolute atomic E-state index is 5.45. The fourth-order valence-electron chi connectivity index (χ4n) is 8.37. The van der Waals surface area contributed by atoms with Crippen molar-refractivity contribution < 1.29 is 0 Å². The first-order chi connectivity index (χ1) is 26.7. The maximum Gasteiger partial charge on any atom is 0.164 e. The van der Waals surface area contributed by atoms with Crippen molar-refractivity contribution in [1.29, 1.82) is 0 Å². The number of nitrogens with zero attached hydrogens (tertiary/aromatic N) is 3. The van der Waals surface area contributed by atoms with Gasteiger partial charge in [0.15, 0.2) is 17.5 Å². The van der Waals surface area contributed by atoms with E-state index in [0.717, 1.165) is 22.1 Å². The molecule has 3 heterocycles. The molecule has 0 aliphatic rings. The minimum Gasteiger partial charge on any atom is -0.208 e. The second-order valence-electron chi connectivity index (χ2n) is 13.9. The monoisotopic (exact) mass is 721 g/mol. The topological polar surface area (TPSA) is 38.7 Å². The lowest BCUT2D eigenvalue weighted by Gasteiger charge is -2.13. The molecule has 0 N–H and O–H groups in total. The third-order valence-electron chi connectivity index (χ3n) is 10.9. The van der Waals surface area contributed by atoms with Gasteiger partial charge in [-0.3, -0.25) is 0 Å². The molecule has 250 valence electrons. The van der Waals surface area contributed by atoms with Crippen LogP contribution in [0, 0.1) is 0 Å². The van der Waals surface area contributed by atoms with Crippen LogP contribution in [0.15, 0.2) is 164 Å². The molecule has 0 aliphatic heterocycles. The maximum atomic E-state index is 5.45. The van der Waals surface area contributed by atoms with E-state index in [1.54, 1.807) is 0 Å². The number of aromatic nitrogens is 3. The molecule has 12 aromatic rings. The quantitative estimate of drug-likeness (QED) is 0.171. The predicted molar refractivity (Wildman–Crippen MR) is 232 cm³/mol. The second kappa shape index (κ2) is 11.5. The van der Waals surface area contributed by atoms with E-state index in [4.69, 9.17) is 15.0 Å². The van der Waals surface area contributed by atoms with Crippen molar-refractivity contribution in [1.82, 2.24) is 15.0 Å². The molecule has 12 rings (SSSR count). The highest BCUT2D eigenvalue weighted by Crippen LogP contribution is 2.48. The SMILES string of the molecule is c1ccc2cc(-c3nc(-c4cccc5sc6ccccc6c45)nc(-c4cc5ccc6ccccc6c5c5sc6c7ccccc7ccc6c45)n3)ccc2c1. The van der Waals surface area contributed by atoms with Crippen molar-refractivity contribution in [2.24, 2.45) is 0 Å². The molecule has 0 unspecified atom stereocenters. The lowest BCUT2D eigenvalue weighted by Crippen LogP contribution is -2.01. The number of hydrogen-bond donors (Lipinski definition) is 0. The summed E-state index contributed by atoms with van der Waals surface area (Å²) in [4.78, 5) is 16.1. The molecule has 0 spiro atoms. The van der Waals surface area contributed by atoms with Crippen LogP contribution in [0.2, 0.25) is 0 Å². The first kappa shape index (κ1) is 30.0. The molecular weight excluding hydrogens is 695 g/mol. The molecular formula is C49H27N3S2. The molecule has 5 heteroatoms. The van der Waals surface area contributed by atoms with Crippen LogP contribution in [0.1, 0.15) is 0 Å². The highest BCUT2D eigenvalue weighted by Gasteiger charge is 2.22. The Bertz CT molecular complexity index is 3520. The van der Waals surface area contributed by atoms with Gasteiger partial charge in [-0.2, -0.15) is 0 Å². The summed E-state index contributed by atoms with van der Waals surface area (Å²) in [6.45, 7) is 0. The van der Waals surface area contributed by atoms with Crippen LogP contribution in [0.5, 0.6) is 0 Å². The van der Waals surface area contributed by atoms with Gasteiger partial charge in [-0.1, -0.05) is 140 Å². The van der Waals surface area contributed by atoms with Crippen molar-refractivity contribution in [3.63, 3.8) is 0 Å². The summed E-state index contributed by atoms with van der Waals surface area (Å²) >= 11 is 3.69. The molecule has 3 nitrogen and oxygen atoms in total. The van der Waals surface area contributed by atoms with E-state index >= 15 is 0 Å². The Balaban J connectivity index is 1.23. The van der Waals surface area contributed by atoms with E-state index in [1.807, 2.05) is 22.7 Å². The summed E-state index contributed by atoms with van der Waals surface area (Å²) in [6, 6.07) is 58.9. The van der Waals surface area contributed by atoms with Crippen molar-refractivity contribution >= 4 is 106 Å². The Labute approximate surface area is 317 Å². The number of thiophene rings is 2. The average Bonchev–Trinajstić information content (AvgIpc) is 3.82. The van der Waals surface area contributed by atoms with Crippen molar-refractivity contribution in [3.05, 3.63) is 164 Å². The van der Waals surface area contributed by atoms with Gasteiger partial charge in [0, 0.05) is 62.4 Å². The van der Waals surface area contributed by atoms with Crippen LogP contribution in [-0.2, 0) is 0 Å². The summed E-state index contributed by atoms with van der Waals surface area (Å²) in [7, 11) is 0. The number of rotatable bonds is 3. The van der Waals surface area contributed by atoms with Gasteiger partial charge in [-0.15, -0.1) is 22.7 Å². The van der Waals surface area contributed by atoms with Crippen molar-refractivity contribution in [2.75, 3.05) is 0 Å². The lowest BCUT2D eigenvalue weighted by molar-refractivity contribution is 1.08. The standard InChI is InChI=1S/C49H27N3S2/c1-2-13-31-26-33(23-20-28(31)10-1)47-50-48(38-17-9-19-41-43(38)36-16-7-8-18-40(36)53-41)52-49(51-47)39-27-32-22-21-29-11-3-5-14-34(29)42(32)46-44(39)37-25-24-30-12-4-6-15-35(30)45(37)54-46/h1-27H. The largest absolute Gasteiger partial charge is 0.208 e. The molecule has 0 saturated heterocycles. The van der Waals surface area contributed by atoms with E-state index in [-0.39, 0.29) is 0 Å². The zero-order chi connectivity index (χ0) is 35.3. The third-order valence-corrected chi connectivity index (χ3v) is 13.3. The van der Waals surface area contributed by atoms with Crippen LogP contribution in [0.3, 0.4) is 0 Å². The fraction of sp³-hybridized carbons (Fsp3) is 0. The van der Waals surface area contributed by atoms with Gasteiger partial charge in [0.25, 0.3) is 0 Å².